The molecule has 2 unspecified atom stereocenters. The van der Waals surface area contributed by atoms with Gasteiger partial charge in [0, 0.05) is 12.6 Å². The van der Waals surface area contributed by atoms with Crippen molar-refractivity contribution in [1.82, 2.24) is 9.88 Å². The molecule has 23 heavy (non-hydrogen) atoms. The molecule has 126 valence electrons. The predicted octanol–water partition coefficient (Wildman–Crippen LogP) is 2.34. The van der Waals surface area contributed by atoms with E-state index in [1.165, 1.54) is 6.20 Å². The third-order valence-electron chi connectivity index (χ3n) is 4.68. The van der Waals surface area contributed by atoms with Crippen LogP contribution in [0.5, 0.6) is 0 Å². The van der Waals surface area contributed by atoms with E-state index in [0.29, 0.717) is 24.0 Å². The van der Waals surface area contributed by atoms with Crippen molar-refractivity contribution in [2.75, 3.05) is 17.6 Å². The van der Waals surface area contributed by atoms with Crippen LogP contribution in [0.25, 0.3) is 0 Å². The number of nitrogens with zero attached hydrogens (tertiary/aromatic N) is 2. The van der Waals surface area contributed by atoms with Crippen LogP contribution in [0.2, 0.25) is 0 Å². The van der Waals surface area contributed by atoms with Crippen LogP contribution in [0.1, 0.15) is 45.1 Å². The Bertz CT molecular complexity index is 588. The normalized spacial score (nSPS) is 19.3. The topological polar surface area (TPSA) is 88.3 Å². The van der Waals surface area contributed by atoms with Gasteiger partial charge in [-0.15, -0.1) is 0 Å². The van der Waals surface area contributed by atoms with Gasteiger partial charge in [-0.3, -0.25) is 9.59 Å². The zero-order valence-corrected chi connectivity index (χ0v) is 14.1. The number of rotatable bonds is 3. The number of carbonyl (C=O) groups excluding carboxylic acids is 2. The average Bonchev–Trinajstić information content (AvgIpc) is 2.56. The minimum Gasteiger partial charge on any atom is -0.383 e. The molecule has 1 aromatic rings. The number of nitrogens with one attached hydrogen (secondary N) is 1. The molecule has 0 radical (unpaired) electrons. The third kappa shape index (κ3) is 4.00. The van der Waals surface area contributed by atoms with Crippen molar-refractivity contribution in [1.29, 1.82) is 0 Å². The van der Waals surface area contributed by atoms with Crippen molar-refractivity contribution < 1.29 is 9.59 Å². The number of nitrogen functional groups attached to an aromatic ring is 1. The first-order valence-corrected chi connectivity index (χ1v) is 8.28. The van der Waals surface area contributed by atoms with E-state index < -0.39 is 11.8 Å². The molecular weight excluding hydrogens is 292 g/mol. The standard InChI is InChI=1S/C17H26N4O2/c1-4-11(2)14-7-5-6-8-21(14)17(23)16(22)20-13-9-12(3)15(18)19-10-13/h9-11,14H,4-8H2,1-3H3,(H2,18,19)(H,20,22). The van der Waals surface area contributed by atoms with Gasteiger partial charge in [-0.2, -0.15) is 0 Å². The largest absolute Gasteiger partial charge is 0.383 e. The Morgan fingerprint density at radius 3 is 2.87 bits per heavy atom. The van der Waals surface area contributed by atoms with E-state index in [1.807, 2.05) is 6.92 Å². The SMILES string of the molecule is CCC(C)C1CCCCN1C(=O)C(=O)Nc1cnc(N)c(C)c1. The minimum atomic E-state index is -0.605. The molecule has 1 aromatic heterocycles. The molecule has 1 aliphatic rings. The number of anilines is 2. The van der Waals surface area contributed by atoms with Gasteiger partial charge in [-0.05, 0) is 43.7 Å². The fraction of sp³-hybridized carbons (Fsp3) is 0.588. The molecule has 0 aliphatic carbocycles. The lowest BCUT2D eigenvalue weighted by Gasteiger charge is -2.38. The van der Waals surface area contributed by atoms with Crippen LogP contribution >= 0.6 is 0 Å². The van der Waals surface area contributed by atoms with Gasteiger partial charge in [0.2, 0.25) is 0 Å². The number of hydrogen-bond donors (Lipinski definition) is 2. The highest BCUT2D eigenvalue weighted by Crippen LogP contribution is 2.25. The lowest BCUT2D eigenvalue weighted by molar-refractivity contribution is -0.146. The van der Waals surface area contributed by atoms with Gasteiger partial charge in [0.15, 0.2) is 0 Å². The van der Waals surface area contributed by atoms with E-state index in [1.54, 1.807) is 11.0 Å². The van der Waals surface area contributed by atoms with E-state index in [-0.39, 0.29) is 6.04 Å². The minimum absolute atomic E-state index is 0.151. The number of pyridine rings is 1. The maximum absolute atomic E-state index is 12.6. The number of likely N-dealkylation sites (tertiary alicyclic amines) is 1. The van der Waals surface area contributed by atoms with E-state index in [4.69, 9.17) is 5.73 Å². The molecule has 2 rings (SSSR count). The molecule has 2 heterocycles. The second-order valence-electron chi connectivity index (χ2n) is 6.33. The predicted molar refractivity (Wildman–Crippen MR) is 90.8 cm³/mol. The van der Waals surface area contributed by atoms with Crippen LogP contribution in [0.15, 0.2) is 12.3 Å². The van der Waals surface area contributed by atoms with Crippen LogP contribution in [0.3, 0.4) is 0 Å². The fourth-order valence-electron chi connectivity index (χ4n) is 3.04. The Morgan fingerprint density at radius 1 is 1.48 bits per heavy atom. The zero-order chi connectivity index (χ0) is 17.0. The zero-order valence-electron chi connectivity index (χ0n) is 14.1. The third-order valence-corrected chi connectivity index (χ3v) is 4.68. The van der Waals surface area contributed by atoms with E-state index >= 15 is 0 Å². The highest BCUT2D eigenvalue weighted by Gasteiger charge is 2.33. The van der Waals surface area contributed by atoms with Crippen molar-refractivity contribution >= 4 is 23.3 Å². The second-order valence-corrected chi connectivity index (χ2v) is 6.33. The number of aryl methyl sites for hydroxylation is 1. The van der Waals surface area contributed by atoms with Gasteiger partial charge in [0.05, 0.1) is 11.9 Å². The Balaban J connectivity index is 2.08. The van der Waals surface area contributed by atoms with E-state index in [2.05, 4.69) is 24.1 Å². The Labute approximate surface area is 137 Å². The summed E-state index contributed by atoms with van der Waals surface area (Å²) in [7, 11) is 0. The number of piperidine rings is 1. The molecular formula is C17H26N4O2. The van der Waals surface area contributed by atoms with Crippen molar-refractivity contribution in [3.05, 3.63) is 17.8 Å². The summed E-state index contributed by atoms with van der Waals surface area (Å²) in [6.07, 6.45) is 5.50. The number of nitrogens with two attached hydrogens (primary N) is 1. The van der Waals surface area contributed by atoms with Crippen LogP contribution in [-0.2, 0) is 9.59 Å². The quantitative estimate of drug-likeness (QED) is 0.837. The number of aromatic nitrogens is 1. The maximum atomic E-state index is 12.6. The molecule has 1 aliphatic heterocycles. The molecule has 1 saturated heterocycles. The molecule has 0 spiro atoms. The van der Waals surface area contributed by atoms with Gasteiger partial charge < -0.3 is 16.0 Å². The summed E-state index contributed by atoms with van der Waals surface area (Å²) >= 11 is 0. The van der Waals surface area contributed by atoms with Crippen molar-refractivity contribution in [3.63, 3.8) is 0 Å². The summed E-state index contributed by atoms with van der Waals surface area (Å²) in [4.78, 5) is 30.6. The summed E-state index contributed by atoms with van der Waals surface area (Å²) in [6.45, 7) is 6.72. The number of amides is 2. The molecule has 0 bridgehead atoms. The summed E-state index contributed by atoms with van der Waals surface area (Å²) in [5.41, 5.74) is 6.93. The fourth-order valence-corrected chi connectivity index (χ4v) is 3.04. The Kier molecular flexibility index (Phi) is 5.58. The first-order valence-electron chi connectivity index (χ1n) is 8.28. The molecule has 0 saturated carbocycles. The van der Waals surface area contributed by atoms with E-state index in [0.717, 1.165) is 31.2 Å². The highest BCUT2D eigenvalue weighted by atomic mass is 16.2. The van der Waals surface area contributed by atoms with Gasteiger partial charge >= 0.3 is 11.8 Å². The number of carbonyl (C=O) groups is 2. The van der Waals surface area contributed by atoms with Crippen LogP contribution < -0.4 is 11.1 Å². The molecule has 1 fully saturated rings. The summed E-state index contributed by atoms with van der Waals surface area (Å²) in [5, 5.41) is 2.64. The molecule has 6 nitrogen and oxygen atoms in total. The summed E-state index contributed by atoms with van der Waals surface area (Å²) in [5.74, 6) is -0.245. The van der Waals surface area contributed by atoms with Crippen molar-refractivity contribution in [2.45, 2.75) is 52.5 Å². The van der Waals surface area contributed by atoms with Crippen LogP contribution in [0.4, 0.5) is 11.5 Å². The van der Waals surface area contributed by atoms with Gasteiger partial charge in [0.1, 0.15) is 5.82 Å². The molecule has 2 amide bonds. The molecule has 3 N–H and O–H groups in total. The Hall–Kier alpha value is -2.11. The van der Waals surface area contributed by atoms with Crippen molar-refractivity contribution in [2.24, 2.45) is 5.92 Å². The highest BCUT2D eigenvalue weighted by molar-refractivity contribution is 6.39. The molecule has 6 heteroatoms. The smallest absolute Gasteiger partial charge is 0.313 e. The van der Waals surface area contributed by atoms with Crippen LogP contribution in [0, 0.1) is 12.8 Å². The first kappa shape index (κ1) is 17.2. The van der Waals surface area contributed by atoms with Gasteiger partial charge in [0.25, 0.3) is 0 Å². The first-order chi connectivity index (χ1) is 10.9. The molecule has 2 atom stereocenters. The molecule has 0 aromatic carbocycles. The average molecular weight is 318 g/mol. The second kappa shape index (κ2) is 7.44. The summed E-state index contributed by atoms with van der Waals surface area (Å²) < 4.78 is 0. The Morgan fingerprint density at radius 2 is 2.22 bits per heavy atom. The maximum Gasteiger partial charge on any atom is 0.313 e. The lowest BCUT2D eigenvalue weighted by Crippen LogP contribution is -2.50. The van der Waals surface area contributed by atoms with Gasteiger partial charge in [-0.1, -0.05) is 20.3 Å². The van der Waals surface area contributed by atoms with E-state index in [9.17, 15) is 9.59 Å². The van der Waals surface area contributed by atoms with Crippen LogP contribution in [-0.4, -0.2) is 34.3 Å². The summed E-state index contributed by atoms with van der Waals surface area (Å²) in [6, 6.07) is 1.87. The number of hydrogen-bond acceptors (Lipinski definition) is 4. The monoisotopic (exact) mass is 318 g/mol. The van der Waals surface area contributed by atoms with Gasteiger partial charge in [-0.25, -0.2) is 4.98 Å². The van der Waals surface area contributed by atoms with Crippen molar-refractivity contribution in [3.8, 4) is 0 Å². The lowest BCUT2D eigenvalue weighted by atomic mass is 9.89.